The summed E-state index contributed by atoms with van der Waals surface area (Å²) in [7, 11) is -3.88. The molecule has 2 aromatic heterocycles. The number of nitrogens with zero attached hydrogens (tertiary/aromatic N) is 3. The topological polar surface area (TPSA) is 117 Å². The van der Waals surface area contributed by atoms with Gasteiger partial charge in [0, 0.05) is 47.8 Å². The minimum atomic E-state index is -3.88. The van der Waals surface area contributed by atoms with Crippen molar-refractivity contribution in [1.29, 1.82) is 0 Å². The molecule has 46 heavy (non-hydrogen) atoms. The van der Waals surface area contributed by atoms with Crippen molar-refractivity contribution in [2.45, 2.75) is 93.6 Å². The summed E-state index contributed by atoms with van der Waals surface area (Å²) in [6.07, 6.45) is 6.99. The average molecular weight is 705 g/mol. The molecule has 1 amide bonds. The van der Waals surface area contributed by atoms with Crippen LogP contribution in [0.4, 0.5) is 9.52 Å². The zero-order valence-corrected chi connectivity index (χ0v) is 28.1. The Morgan fingerprint density at radius 2 is 1.83 bits per heavy atom. The number of halogens is 3. The molecule has 0 radical (unpaired) electrons. The Bertz CT molecular complexity index is 1960. The van der Waals surface area contributed by atoms with Crippen LogP contribution in [0.1, 0.15) is 85.9 Å². The molecule has 2 aliphatic heterocycles. The number of carbonyl (C=O) groups is 1. The molecule has 2 atom stereocenters. The van der Waals surface area contributed by atoms with Crippen molar-refractivity contribution < 1.29 is 22.1 Å². The number of aromatic nitrogens is 2. The van der Waals surface area contributed by atoms with E-state index < -0.39 is 26.5 Å². The van der Waals surface area contributed by atoms with E-state index in [4.69, 9.17) is 32.7 Å². The van der Waals surface area contributed by atoms with Crippen LogP contribution in [0.2, 0.25) is 10.0 Å². The van der Waals surface area contributed by atoms with Gasteiger partial charge < -0.3 is 14.7 Å². The molecule has 2 N–H and O–H groups in total. The van der Waals surface area contributed by atoms with Crippen molar-refractivity contribution in [2.75, 3.05) is 4.90 Å². The summed E-state index contributed by atoms with van der Waals surface area (Å²) >= 11 is 14.5. The minimum absolute atomic E-state index is 0.261. The molecule has 8 rings (SSSR count). The van der Waals surface area contributed by atoms with E-state index in [9.17, 15) is 13.2 Å². The van der Waals surface area contributed by atoms with Gasteiger partial charge in [0.05, 0.1) is 30.6 Å². The molecule has 2 unspecified atom stereocenters. The molecule has 2 saturated carbocycles. The van der Waals surface area contributed by atoms with Gasteiger partial charge in [-0.2, -0.15) is 0 Å². The van der Waals surface area contributed by atoms with Crippen LogP contribution >= 0.6 is 34.5 Å². The van der Waals surface area contributed by atoms with E-state index in [0.717, 1.165) is 55.0 Å². The fourth-order valence-corrected chi connectivity index (χ4v) is 9.89. The van der Waals surface area contributed by atoms with E-state index in [1.807, 2.05) is 18.2 Å². The van der Waals surface area contributed by atoms with Crippen LogP contribution in [0.3, 0.4) is 0 Å². The first-order chi connectivity index (χ1) is 22.0. The van der Waals surface area contributed by atoms with Crippen LogP contribution < -0.4 is 14.9 Å². The molecule has 4 heterocycles. The Morgan fingerprint density at radius 1 is 1.13 bits per heavy atom. The lowest BCUT2D eigenvalue weighted by molar-refractivity contribution is 0.0977. The van der Waals surface area contributed by atoms with Gasteiger partial charge in [0.15, 0.2) is 5.13 Å². The highest BCUT2D eigenvalue weighted by Gasteiger charge is 2.51. The smallest absolute Gasteiger partial charge is 0.267 e. The molecule has 2 aliphatic carbocycles. The highest BCUT2D eigenvalue weighted by molar-refractivity contribution is 7.91. The number of carbonyl (C=O) groups excluding carboxylic acids is 1. The third-order valence-electron chi connectivity index (χ3n) is 10.0. The van der Waals surface area contributed by atoms with Gasteiger partial charge in [0.2, 0.25) is 10.0 Å². The van der Waals surface area contributed by atoms with Gasteiger partial charge in [-0.1, -0.05) is 45.8 Å². The molecule has 2 aromatic carbocycles. The summed E-state index contributed by atoms with van der Waals surface area (Å²) in [5, 5.41) is 10.1. The van der Waals surface area contributed by atoms with Crippen LogP contribution in [-0.4, -0.2) is 47.3 Å². The Labute approximate surface area is 279 Å². The van der Waals surface area contributed by atoms with Crippen molar-refractivity contribution in [3.05, 3.63) is 63.1 Å². The number of hydrogen-bond donors (Lipinski definition) is 2. The van der Waals surface area contributed by atoms with E-state index in [-0.39, 0.29) is 23.7 Å². The predicted molar refractivity (Wildman–Crippen MR) is 177 cm³/mol. The zero-order valence-electron chi connectivity index (χ0n) is 25.0. The Hall–Kier alpha value is -2.77. The van der Waals surface area contributed by atoms with E-state index in [1.165, 1.54) is 23.5 Å². The maximum absolute atomic E-state index is 15.1. The van der Waals surface area contributed by atoms with Gasteiger partial charge in [0.25, 0.3) is 5.91 Å². The molecular formula is C32H32Cl2FN5O4S2. The first kappa shape index (κ1) is 30.6. The summed E-state index contributed by atoms with van der Waals surface area (Å²) in [4.78, 5) is 19.9. The lowest BCUT2D eigenvalue weighted by Gasteiger charge is -2.39. The molecule has 4 aliphatic rings. The van der Waals surface area contributed by atoms with Gasteiger partial charge in [0.1, 0.15) is 17.3 Å². The second-order valence-corrected chi connectivity index (χ2v) is 17.3. The molecule has 14 heteroatoms. The van der Waals surface area contributed by atoms with Gasteiger partial charge in [-0.25, -0.2) is 22.5 Å². The van der Waals surface area contributed by atoms with Crippen molar-refractivity contribution >= 4 is 65.8 Å². The number of benzene rings is 2. The maximum Gasteiger partial charge on any atom is 0.267 e. The Morgan fingerprint density at radius 3 is 2.48 bits per heavy atom. The normalized spacial score (nSPS) is 23.7. The summed E-state index contributed by atoms with van der Waals surface area (Å²) in [6, 6.07) is 8.87. The van der Waals surface area contributed by atoms with Gasteiger partial charge in [-0.05, 0) is 76.5 Å². The van der Waals surface area contributed by atoms with Crippen molar-refractivity contribution in [1.82, 2.24) is 20.2 Å². The van der Waals surface area contributed by atoms with E-state index in [0.29, 0.717) is 56.8 Å². The number of anilines is 1. The second-order valence-electron chi connectivity index (χ2n) is 13.3. The quantitative estimate of drug-likeness (QED) is 0.188. The van der Waals surface area contributed by atoms with Gasteiger partial charge in [-0.15, -0.1) is 0 Å². The Kier molecular flexibility index (Phi) is 7.41. The van der Waals surface area contributed by atoms with E-state index in [2.05, 4.69) is 20.1 Å². The first-order valence-corrected chi connectivity index (χ1v) is 18.7. The lowest BCUT2D eigenvalue weighted by atomic mass is 9.97. The molecule has 4 aromatic rings. The number of nitrogens with one attached hydrogen (secondary N) is 2. The molecule has 2 bridgehead atoms. The van der Waals surface area contributed by atoms with Gasteiger partial charge >= 0.3 is 0 Å². The highest BCUT2D eigenvalue weighted by Crippen LogP contribution is 2.47. The zero-order chi connectivity index (χ0) is 32.0. The van der Waals surface area contributed by atoms with Crippen molar-refractivity contribution in [2.24, 2.45) is 0 Å². The molecule has 9 nitrogen and oxygen atoms in total. The molecule has 242 valence electrons. The number of amides is 1. The summed E-state index contributed by atoms with van der Waals surface area (Å²) in [5.41, 5.74) is 2.56. The van der Waals surface area contributed by atoms with Crippen molar-refractivity contribution in [3.63, 3.8) is 0 Å². The van der Waals surface area contributed by atoms with Crippen LogP contribution in [0.25, 0.3) is 21.5 Å². The average Bonchev–Trinajstić information content (AvgIpc) is 3.89. The molecular weight excluding hydrogens is 672 g/mol. The molecule has 2 saturated heterocycles. The highest BCUT2D eigenvalue weighted by atomic mass is 35.5. The fourth-order valence-electron chi connectivity index (χ4n) is 6.95. The van der Waals surface area contributed by atoms with Crippen LogP contribution in [0.15, 0.2) is 34.9 Å². The lowest BCUT2D eigenvalue weighted by Crippen LogP contribution is -2.49. The molecule has 4 fully saturated rings. The van der Waals surface area contributed by atoms with E-state index >= 15 is 4.39 Å². The third kappa shape index (κ3) is 5.30. The number of fused-ring (bicyclic) bond motifs is 3. The van der Waals surface area contributed by atoms with Crippen LogP contribution in [0.5, 0.6) is 0 Å². The predicted octanol–water partition coefficient (Wildman–Crippen LogP) is 7.18. The van der Waals surface area contributed by atoms with Crippen molar-refractivity contribution in [3.8, 4) is 11.3 Å². The molecule has 0 spiro atoms. The number of thiazole rings is 1. The summed E-state index contributed by atoms with van der Waals surface area (Å²) < 4.78 is 47.8. The van der Waals surface area contributed by atoms with Crippen LogP contribution in [0, 0.1) is 5.82 Å². The minimum Gasteiger partial charge on any atom is -0.360 e. The summed E-state index contributed by atoms with van der Waals surface area (Å²) in [5.74, 6) is -0.459. The fraction of sp³-hybridized carbons (Fsp3) is 0.469. The van der Waals surface area contributed by atoms with E-state index in [1.54, 1.807) is 6.92 Å². The number of piperidine rings is 1. The van der Waals surface area contributed by atoms with Crippen LogP contribution in [-0.2, 0) is 16.6 Å². The standard InChI is InChI=1S/C32H32Cl2FN5O4S2/c1-32(9-10-32)46(42,43)39-30(41)20-13-26-25(14-24(20)35)37-31(45-26)40-18-7-8-19(40)12-17(11-18)36-15-21-28(38-44-29(21)16-5-6-16)27-22(33)3-2-4-23(27)34/h2-4,13-14,16-19,36H,5-12,15H2,1H3,(H,39,41). The number of hydrogen-bond acceptors (Lipinski definition) is 9. The first-order valence-electron chi connectivity index (χ1n) is 15.6. The SMILES string of the molecule is CC1(S(=O)(=O)NC(=O)c2cc3sc(N4C5CCC4CC(NCc4c(-c6c(Cl)cccc6Cl)noc4C4CC4)C5)nc3cc2F)CC1. The Balaban J connectivity index is 0.989. The monoisotopic (exact) mass is 703 g/mol. The maximum atomic E-state index is 15.1. The summed E-state index contributed by atoms with van der Waals surface area (Å²) in [6.45, 7) is 2.18. The second kappa shape index (κ2) is 11.2. The largest absolute Gasteiger partial charge is 0.360 e. The number of rotatable bonds is 9. The van der Waals surface area contributed by atoms with Gasteiger partial charge in [-0.3, -0.25) is 4.79 Å². The third-order valence-corrected chi connectivity index (χ3v) is 13.8. The number of sulfonamides is 1.